The minimum absolute atomic E-state index is 0.00674. The van der Waals surface area contributed by atoms with Crippen LogP contribution in [0.4, 0.5) is 5.69 Å². The summed E-state index contributed by atoms with van der Waals surface area (Å²) in [4.78, 5) is 26.9. The highest BCUT2D eigenvalue weighted by Crippen LogP contribution is 2.46. The molecule has 35 heavy (non-hydrogen) atoms. The van der Waals surface area contributed by atoms with E-state index in [-0.39, 0.29) is 17.2 Å². The highest BCUT2D eigenvalue weighted by atomic mass is 35.5. The summed E-state index contributed by atoms with van der Waals surface area (Å²) in [6.07, 6.45) is 7.62. The Bertz CT molecular complexity index is 995. The SMILES string of the molecule is CCC(=O)Nc1cccc(C2CCN(CCCNC(=O)CC3(c4ccc(Cl)cc4)CCC3)CC2)c1. The van der Waals surface area contributed by atoms with Crippen molar-refractivity contribution in [2.45, 2.75) is 69.6 Å². The van der Waals surface area contributed by atoms with Gasteiger partial charge in [-0.2, -0.15) is 0 Å². The summed E-state index contributed by atoms with van der Waals surface area (Å²) < 4.78 is 0. The molecule has 0 unspecified atom stereocenters. The van der Waals surface area contributed by atoms with E-state index in [0.717, 1.165) is 69.0 Å². The lowest BCUT2D eigenvalue weighted by atomic mass is 9.62. The predicted octanol–water partition coefficient (Wildman–Crippen LogP) is 5.89. The van der Waals surface area contributed by atoms with Crippen LogP contribution in [0.2, 0.25) is 5.02 Å². The van der Waals surface area contributed by atoms with Crippen LogP contribution in [0.15, 0.2) is 48.5 Å². The molecule has 0 radical (unpaired) electrons. The standard InChI is InChI=1S/C29H38ClN3O2/c1-2-27(34)32-26-7-3-6-23(20-26)22-12-18-33(19-13-22)17-5-16-31-28(35)21-29(14-4-15-29)24-8-10-25(30)11-9-24/h3,6-11,20,22H,2,4-5,12-19,21H2,1H3,(H,31,35)(H,32,34). The first-order valence-electron chi connectivity index (χ1n) is 13.1. The maximum absolute atomic E-state index is 12.7. The van der Waals surface area contributed by atoms with Crippen molar-refractivity contribution < 1.29 is 9.59 Å². The van der Waals surface area contributed by atoms with Gasteiger partial charge < -0.3 is 15.5 Å². The second kappa shape index (κ2) is 12.0. The highest BCUT2D eigenvalue weighted by Gasteiger charge is 2.40. The van der Waals surface area contributed by atoms with Crippen LogP contribution in [0.5, 0.6) is 0 Å². The molecule has 2 fully saturated rings. The first-order chi connectivity index (χ1) is 17.0. The fraction of sp³-hybridized carbons (Fsp3) is 0.517. The Morgan fingerprint density at radius 3 is 2.46 bits per heavy atom. The lowest BCUT2D eigenvalue weighted by Crippen LogP contribution is -2.41. The molecular weight excluding hydrogens is 458 g/mol. The van der Waals surface area contributed by atoms with Crippen molar-refractivity contribution in [3.8, 4) is 0 Å². The van der Waals surface area contributed by atoms with Gasteiger partial charge in [-0.05, 0) is 93.0 Å². The van der Waals surface area contributed by atoms with Crippen LogP contribution < -0.4 is 10.6 Å². The van der Waals surface area contributed by atoms with Crippen LogP contribution in [0.25, 0.3) is 0 Å². The van der Waals surface area contributed by atoms with E-state index >= 15 is 0 Å². The number of carbonyl (C=O) groups excluding carboxylic acids is 2. The molecule has 1 aliphatic heterocycles. The van der Waals surface area contributed by atoms with Crippen LogP contribution in [-0.4, -0.2) is 42.9 Å². The quantitative estimate of drug-likeness (QED) is 0.404. The lowest BCUT2D eigenvalue weighted by Gasteiger charge is -2.42. The van der Waals surface area contributed by atoms with E-state index in [0.29, 0.717) is 18.8 Å². The predicted molar refractivity (Wildman–Crippen MR) is 143 cm³/mol. The van der Waals surface area contributed by atoms with Gasteiger partial charge in [-0.15, -0.1) is 0 Å². The maximum Gasteiger partial charge on any atom is 0.224 e. The minimum atomic E-state index is -0.00674. The Balaban J connectivity index is 1.16. The van der Waals surface area contributed by atoms with E-state index in [4.69, 9.17) is 11.6 Å². The van der Waals surface area contributed by atoms with Gasteiger partial charge in [0, 0.05) is 35.5 Å². The molecule has 1 aliphatic carbocycles. The molecule has 2 amide bonds. The fourth-order valence-electron chi connectivity index (χ4n) is 5.48. The number of nitrogens with zero attached hydrogens (tertiary/aromatic N) is 1. The number of piperidine rings is 1. The second-order valence-electron chi connectivity index (χ2n) is 10.2. The van der Waals surface area contributed by atoms with Gasteiger partial charge in [0.15, 0.2) is 0 Å². The van der Waals surface area contributed by atoms with Crippen LogP contribution in [0.3, 0.4) is 0 Å². The molecule has 1 heterocycles. The van der Waals surface area contributed by atoms with Crippen LogP contribution >= 0.6 is 11.6 Å². The zero-order valence-corrected chi connectivity index (χ0v) is 21.6. The molecule has 0 bridgehead atoms. The van der Waals surface area contributed by atoms with Crippen molar-refractivity contribution in [2.24, 2.45) is 0 Å². The summed E-state index contributed by atoms with van der Waals surface area (Å²) in [5.41, 5.74) is 3.45. The number of amides is 2. The Labute approximate surface area is 214 Å². The first-order valence-corrected chi connectivity index (χ1v) is 13.5. The van der Waals surface area contributed by atoms with Crippen LogP contribution in [0, 0.1) is 0 Å². The van der Waals surface area contributed by atoms with Gasteiger partial charge in [0.05, 0.1) is 0 Å². The van der Waals surface area contributed by atoms with E-state index in [1.165, 1.54) is 17.5 Å². The number of benzene rings is 2. The van der Waals surface area contributed by atoms with Gasteiger partial charge in [0.25, 0.3) is 0 Å². The summed E-state index contributed by atoms with van der Waals surface area (Å²) in [6, 6.07) is 16.3. The number of hydrogen-bond donors (Lipinski definition) is 2. The number of hydrogen-bond acceptors (Lipinski definition) is 3. The Hall–Kier alpha value is -2.37. The van der Waals surface area contributed by atoms with E-state index < -0.39 is 0 Å². The Morgan fingerprint density at radius 2 is 1.80 bits per heavy atom. The molecule has 0 atom stereocenters. The molecule has 0 aromatic heterocycles. The normalized spacial score (nSPS) is 18.0. The minimum Gasteiger partial charge on any atom is -0.356 e. The van der Waals surface area contributed by atoms with E-state index in [1.54, 1.807) is 0 Å². The zero-order chi connectivity index (χ0) is 24.7. The number of likely N-dealkylation sites (tertiary alicyclic amines) is 1. The van der Waals surface area contributed by atoms with Crippen molar-refractivity contribution in [2.75, 3.05) is 31.5 Å². The second-order valence-corrected chi connectivity index (χ2v) is 10.6. The molecule has 1 saturated carbocycles. The van der Waals surface area contributed by atoms with Crippen LogP contribution in [0.1, 0.15) is 75.3 Å². The molecule has 2 aromatic carbocycles. The third-order valence-electron chi connectivity index (χ3n) is 7.79. The highest BCUT2D eigenvalue weighted by molar-refractivity contribution is 6.30. The molecule has 2 aromatic rings. The molecule has 6 heteroatoms. The van der Waals surface area contributed by atoms with E-state index in [2.05, 4.69) is 39.8 Å². The third kappa shape index (κ3) is 6.86. The third-order valence-corrected chi connectivity index (χ3v) is 8.04. The van der Waals surface area contributed by atoms with Crippen molar-refractivity contribution in [1.82, 2.24) is 10.2 Å². The topological polar surface area (TPSA) is 61.4 Å². The molecular formula is C29H38ClN3O2. The Kier molecular flexibility index (Phi) is 8.85. The van der Waals surface area contributed by atoms with Crippen molar-refractivity contribution in [3.63, 3.8) is 0 Å². The molecule has 188 valence electrons. The van der Waals surface area contributed by atoms with E-state index in [9.17, 15) is 9.59 Å². The fourth-order valence-corrected chi connectivity index (χ4v) is 5.61. The summed E-state index contributed by atoms with van der Waals surface area (Å²) in [6.45, 7) is 5.76. The monoisotopic (exact) mass is 495 g/mol. The molecule has 2 aliphatic rings. The van der Waals surface area contributed by atoms with Crippen molar-refractivity contribution in [3.05, 3.63) is 64.7 Å². The average molecular weight is 496 g/mol. The van der Waals surface area contributed by atoms with Gasteiger partial charge in [-0.1, -0.05) is 49.2 Å². The molecule has 0 spiro atoms. The zero-order valence-electron chi connectivity index (χ0n) is 20.8. The smallest absolute Gasteiger partial charge is 0.224 e. The summed E-state index contributed by atoms with van der Waals surface area (Å²) in [7, 11) is 0. The van der Waals surface area contributed by atoms with Crippen LogP contribution in [-0.2, 0) is 15.0 Å². The van der Waals surface area contributed by atoms with Gasteiger partial charge in [-0.25, -0.2) is 0 Å². The van der Waals surface area contributed by atoms with Crippen molar-refractivity contribution >= 4 is 29.1 Å². The molecule has 1 saturated heterocycles. The van der Waals surface area contributed by atoms with Gasteiger partial charge >= 0.3 is 0 Å². The number of carbonyl (C=O) groups is 2. The number of halogens is 1. The summed E-state index contributed by atoms with van der Waals surface area (Å²) >= 11 is 6.05. The molecule has 4 rings (SSSR count). The number of anilines is 1. The van der Waals surface area contributed by atoms with Gasteiger partial charge in [0.1, 0.15) is 0 Å². The van der Waals surface area contributed by atoms with Gasteiger partial charge in [0.2, 0.25) is 11.8 Å². The maximum atomic E-state index is 12.7. The average Bonchev–Trinajstić information content (AvgIpc) is 2.85. The lowest BCUT2D eigenvalue weighted by molar-refractivity contribution is -0.123. The summed E-state index contributed by atoms with van der Waals surface area (Å²) in [5, 5.41) is 6.87. The molecule has 2 N–H and O–H groups in total. The largest absolute Gasteiger partial charge is 0.356 e. The summed E-state index contributed by atoms with van der Waals surface area (Å²) in [5.74, 6) is 0.751. The first kappa shape index (κ1) is 25.7. The molecule has 5 nitrogen and oxygen atoms in total. The van der Waals surface area contributed by atoms with Gasteiger partial charge in [-0.3, -0.25) is 9.59 Å². The Morgan fingerprint density at radius 1 is 1.06 bits per heavy atom. The van der Waals surface area contributed by atoms with Crippen molar-refractivity contribution in [1.29, 1.82) is 0 Å². The number of nitrogens with one attached hydrogen (secondary N) is 2. The van der Waals surface area contributed by atoms with E-state index in [1.807, 2.05) is 31.2 Å². The number of rotatable bonds is 10.